The molecule has 21 heavy (non-hydrogen) atoms. The summed E-state index contributed by atoms with van der Waals surface area (Å²) in [6.07, 6.45) is 0. The molecule has 1 aromatic carbocycles. The highest BCUT2D eigenvalue weighted by molar-refractivity contribution is 9.10. The Kier molecular flexibility index (Phi) is 8.45. The summed E-state index contributed by atoms with van der Waals surface area (Å²) in [5.41, 5.74) is 0.631. The van der Waals surface area contributed by atoms with Crippen LogP contribution in [-0.2, 0) is 4.74 Å². The number of benzene rings is 1. The largest absolute Gasteiger partial charge is 0.383 e. The minimum atomic E-state index is -0.0968. The maximum Gasteiger partial charge on any atom is 0.251 e. The average molecular weight is 357 g/mol. The Morgan fingerprint density at radius 3 is 2.62 bits per heavy atom. The van der Waals surface area contributed by atoms with Crippen molar-refractivity contribution in [2.75, 3.05) is 40.4 Å². The Hall–Kier alpha value is -1.60. The van der Waals surface area contributed by atoms with E-state index in [2.05, 4.69) is 36.9 Å². The van der Waals surface area contributed by atoms with Crippen molar-refractivity contribution >= 4 is 27.8 Å². The van der Waals surface area contributed by atoms with Gasteiger partial charge in [-0.3, -0.25) is 9.79 Å². The average Bonchev–Trinajstić information content (AvgIpc) is 2.49. The summed E-state index contributed by atoms with van der Waals surface area (Å²) in [6.45, 7) is 2.39. The molecular formula is C14H21BrN4O2. The van der Waals surface area contributed by atoms with E-state index in [4.69, 9.17) is 4.74 Å². The number of hydrogen-bond acceptors (Lipinski definition) is 3. The van der Waals surface area contributed by atoms with E-state index in [1.54, 1.807) is 26.3 Å². The topological polar surface area (TPSA) is 74.8 Å². The number of guanidine groups is 1. The summed E-state index contributed by atoms with van der Waals surface area (Å²) < 4.78 is 5.83. The number of methoxy groups -OCH3 is 1. The molecule has 0 aliphatic carbocycles. The molecule has 0 aliphatic rings. The predicted octanol–water partition coefficient (Wildman–Crippen LogP) is 0.990. The van der Waals surface area contributed by atoms with Crippen molar-refractivity contribution in [3.63, 3.8) is 0 Å². The van der Waals surface area contributed by atoms with Gasteiger partial charge in [0, 0.05) is 43.8 Å². The third kappa shape index (κ3) is 7.10. The molecule has 6 nitrogen and oxygen atoms in total. The lowest BCUT2D eigenvalue weighted by molar-refractivity contribution is 0.0954. The van der Waals surface area contributed by atoms with Crippen LogP contribution in [0.4, 0.5) is 0 Å². The molecule has 0 unspecified atom stereocenters. The summed E-state index contributed by atoms with van der Waals surface area (Å²) in [6, 6.07) is 7.28. The van der Waals surface area contributed by atoms with Crippen LogP contribution in [0.1, 0.15) is 10.4 Å². The molecule has 0 atom stereocenters. The van der Waals surface area contributed by atoms with Crippen molar-refractivity contribution in [2.24, 2.45) is 4.99 Å². The van der Waals surface area contributed by atoms with Crippen LogP contribution in [0.15, 0.2) is 33.7 Å². The van der Waals surface area contributed by atoms with Crippen LogP contribution in [0.3, 0.4) is 0 Å². The zero-order valence-electron chi connectivity index (χ0n) is 12.3. The van der Waals surface area contributed by atoms with E-state index in [1.165, 1.54) is 0 Å². The monoisotopic (exact) mass is 356 g/mol. The van der Waals surface area contributed by atoms with Gasteiger partial charge in [-0.25, -0.2) is 0 Å². The van der Waals surface area contributed by atoms with Gasteiger partial charge in [0.1, 0.15) is 0 Å². The van der Waals surface area contributed by atoms with Crippen molar-refractivity contribution in [1.29, 1.82) is 0 Å². The van der Waals surface area contributed by atoms with Crippen LogP contribution in [0, 0.1) is 0 Å². The molecular weight excluding hydrogens is 336 g/mol. The quantitative estimate of drug-likeness (QED) is 0.387. The van der Waals surface area contributed by atoms with Crippen LogP contribution in [0.25, 0.3) is 0 Å². The number of ether oxygens (including phenoxy) is 1. The van der Waals surface area contributed by atoms with E-state index >= 15 is 0 Å². The van der Waals surface area contributed by atoms with Crippen molar-refractivity contribution < 1.29 is 9.53 Å². The fraction of sp³-hybridized carbons (Fsp3) is 0.429. The Balaban J connectivity index is 2.25. The third-order valence-electron chi connectivity index (χ3n) is 2.61. The first-order valence-electron chi connectivity index (χ1n) is 6.64. The first kappa shape index (κ1) is 17.5. The number of nitrogens with one attached hydrogen (secondary N) is 3. The molecule has 3 N–H and O–H groups in total. The minimum absolute atomic E-state index is 0.0968. The number of halogens is 1. The fourth-order valence-electron chi connectivity index (χ4n) is 1.58. The molecule has 1 amide bonds. The van der Waals surface area contributed by atoms with Gasteiger partial charge < -0.3 is 20.7 Å². The van der Waals surface area contributed by atoms with Crippen LogP contribution in [-0.4, -0.2) is 52.3 Å². The zero-order valence-corrected chi connectivity index (χ0v) is 13.9. The van der Waals surface area contributed by atoms with Crippen molar-refractivity contribution in [3.05, 3.63) is 34.3 Å². The second kappa shape index (κ2) is 10.2. The van der Waals surface area contributed by atoms with E-state index in [-0.39, 0.29) is 5.91 Å². The molecule has 0 radical (unpaired) electrons. The maximum atomic E-state index is 11.9. The number of aliphatic imine (C=N–C) groups is 1. The molecule has 0 spiro atoms. The molecule has 0 heterocycles. The lowest BCUT2D eigenvalue weighted by Crippen LogP contribution is -2.42. The van der Waals surface area contributed by atoms with Crippen molar-refractivity contribution in [2.45, 2.75) is 0 Å². The van der Waals surface area contributed by atoms with Gasteiger partial charge in [0.25, 0.3) is 5.91 Å². The van der Waals surface area contributed by atoms with Gasteiger partial charge >= 0.3 is 0 Å². The van der Waals surface area contributed by atoms with Crippen molar-refractivity contribution in [3.8, 4) is 0 Å². The van der Waals surface area contributed by atoms with Gasteiger partial charge in [-0.1, -0.05) is 22.0 Å². The molecule has 0 saturated carbocycles. The maximum absolute atomic E-state index is 11.9. The number of amides is 1. The summed E-state index contributed by atoms with van der Waals surface area (Å²) in [5, 5.41) is 9.04. The number of carbonyl (C=O) groups is 1. The summed E-state index contributed by atoms with van der Waals surface area (Å²) in [4.78, 5) is 16.0. The van der Waals surface area contributed by atoms with Crippen LogP contribution in [0.2, 0.25) is 0 Å². The van der Waals surface area contributed by atoms with E-state index < -0.39 is 0 Å². The summed E-state index contributed by atoms with van der Waals surface area (Å²) >= 11 is 3.34. The first-order valence-corrected chi connectivity index (χ1v) is 7.44. The normalized spacial score (nSPS) is 11.1. The highest BCUT2D eigenvalue weighted by atomic mass is 79.9. The van der Waals surface area contributed by atoms with Gasteiger partial charge in [0.15, 0.2) is 5.96 Å². The molecule has 0 bridgehead atoms. The Bertz CT molecular complexity index is 480. The Labute approximate surface area is 133 Å². The van der Waals surface area contributed by atoms with Crippen LogP contribution in [0.5, 0.6) is 0 Å². The number of nitrogens with zero attached hydrogens (tertiary/aromatic N) is 1. The third-order valence-corrected chi connectivity index (χ3v) is 3.11. The summed E-state index contributed by atoms with van der Waals surface area (Å²) in [7, 11) is 3.34. The Morgan fingerprint density at radius 1 is 1.24 bits per heavy atom. The first-order chi connectivity index (χ1) is 10.2. The van der Waals surface area contributed by atoms with Crippen molar-refractivity contribution in [1.82, 2.24) is 16.0 Å². The molecule has 1 aromatic rings. The summed E-state index contributed by atoms with van der Waals surface area (Å²) in [5.74, 6) is 0.587. The highest BCUT2D eigenvalue weighted by Crippen LogP contribution is 2.11. The molecule has 7 heteroatoms. The van der Waals surface area contributed by atoms with Crippen LogP contribution >= 0.6 is 15.9 Å². The number of hydrogen-bond donors (Lipinski definition) is 3. The van der Waals surface area contributed by atoms with E-state index in [0.29, 0.717) is 37.8 Å². The van der Waals surface area contributed by atoms with Gasteiger partial charge in [-0.15, -0.1) is 0 Å². The molecule has 116 valence electrons. The minimum Gasteiger partial charge on any atom is -0.383 e. The molecule has 0 fully saturated rings. The molecule has 0 aliphatic heterocycles. The molecule has 0 aromatic heterocycles. The highest BCUT2D eigenvalue weighted by Gasteiger charge is 2.04. The second-order valence-corrected chi connectivity index (χ2v) is 5.10. The van der Waals surface area contributed by atoms with Gasteiger partial charge in [-0.05, 0) is 18.2 Å². The lowest BCUT2D eigenvalue weighted by atomic mass is 10.2. The van der Waals surface area contributed by atoms with Gasteiger partial charge in [-0.2, -0.15) is 0 Å². The molecule has 1 rings (SSSR count). The fourth-order valence-corrected chi connectivity index (χ4v) is 1.98. The number of rotatable bonds is 7. The van der Waals surface area contributed by atoms with Gasteiger partial charge in [0.05, 0.1) is 6.61 Å². The standard InChI is InChI=1S/C14H21BrN4O2/c1-16-14(19-8-9-21-2)18-7-6-17-13(20)11-4-3-5-12(15)10-11/h3-5,10H,6-9H2,1-2H3,(H,17,20)(H2,16,18,19). The second-order valence-electron chi connectivity index (χ2n) is 4.18. The van der Waals surface area contributed by atoms with E-state index in [9.17, 15) is 4.79 Å². The molecule has 0 saturated heterocycles. The smallest absolute Gasteiger partial charge is 0.251 e. The van der Waals surface area contributed by atoms with Crippen LogP contribution < -0.4 is 16.0 Å². The van der Waals surface area contributed by atoms with Gasteiger partial charge in [0.2, 0.25) is 0 Å². The number of carbonyl (C=O) groups excluding carboxylic acids is 1. The lowest BCUT2D eigenvalue weighted by Gasteiger charge is -2.12. The van der Waals surface area contributed by atoms with E-state index in [0.717, 1.165) is 4.47 Å². The zero-order chi connectivity index (χ0) is 15.5. The SMILES string of the molecule is CN=C(NCCNC(=O)c1cccc(Br)c1)NCCOC. The predicted molar refractivity (Wildman–Crippen MR) is 87.7 cm³/mol. The Morgan fingerprint density at radius 2 is 1.95 bits per heavy atom. The van der Waals surface area contributed by atoms with E-state index in [1.807, 2.05) is 12.1 Å².